The van der Waals surface area contributed by atoms with Gasteiger partial charge in [-0.3, -0.25) is 14.5 Å². The van der Waals surface area contributed by atoms with Crippen LogP contribution in [-0.4, -0.2) is 42.9 Å². The number of carbonyl (C=O) groups is 2. The first kappa shape index (κ1) is 27.7. The van der Waals surface area contributed by atoms with E-state index in [0.29, 0.717) is 24.4 Å². The lowest BCUT2D eigenvalue weighted by Gasteiger charge is -2.34. The number of rotatable bonds is 8. The average molecular weight is 538 g/mol. The molecule has 40 heavy (non-hydrogen) atoms. The van der Waals surface area contributed by atoms with Crippen molar-refractivity contribution in [1.82, 2.24) is 10.2 Å². The average Bonchev–Trinajstić information content (AvgIpc) is 2.94. The topological polar surface area (TPSA) is 61.9 Å². The summed E-state index contributed by atoms with van der Waals surface area (Å²) in [7, 11) is 0. The van der Waals surface area contributed by atoms with Gasteiger partial charge >= 0.3 is 0 Å². The highest BCUT2D eigenvalue weighted by atomic mass is 16.5. The number of hydrogen-bond donors (Lipinski definition) is 1. The van der Waals surface area contributed by atoms with Gasteiger partial charge in [0.1, 0.15) is 0 Å². The molecule has 2 atom stereocenters. The monoisotopic (exact) mass is 537 g/mol. The van der Waals surface area contributed by atoms with Gasteiger partial charge in [-0.2, -0.15) is 0 Å². The molecule has 3 aromatic carbocycles. The second-order valence-corrected chi connectivity index (χ2v) is 11.4. The minimum atomic E-state index is -0.196. The normalized spacial score (nSPS) is 20.2. The number of nitrogens with one attached hydrogen (secondary N) is 1. The molecule has 0 aromatic heterocycles. The van der Waals surface area contributed by atoms with Gasteiger partial charge in [-0.15, -0.1) is 0 Å². The van der Waals surface area contributed by atoms with Crippen molar-refractivity contribution >= 4 is 23.6 Å². The van der Waals surface area contributed by atoms with Crippen LogP contribution in [0.15, 0.2) is 78.6 Å². The Morgan fingerprint density at radius 1 is 0.975 bits per heavy atom. The summed E-state index contributed by atoms with van der Waals surface area (Å²) in [6.07, 6.45) is 3.98. The third-order valence-corrected chi connectivity index (χ3v) is 7.64. The first-order valence-corrected chi connectivity index (χ1v) is 14.3. The zero-order valence-corrected chi connectivity index (χ0v) is 23.7. The summed E-state index contributed by atoms with van der Waals surface area (Å²) >= 11 is 0. The van der Waals surface area contributed by atoms with Gasteiger partial charge in [0.25, 0.3) is 11.8 Å². The molecule has 2 aliphatic rings. The van der Waals surface area contributed by atoms with E-state index in [2.05, 4.69) is 36.2 Å². The molecule has 5 rings (SSSR count). The maximum Gasteiger partial charge on any atom is 0.294 e. The number of aryl methyl sites for hydroxylation is 1. The Morgan fingerprint density at radius 2 is 1.68 bits per heavy atom. The minimum absolute atomic E-state index is 0.0808. The fourth-order valence-electron chi connectivity index (χ4n) is 5.76. The number of piperidine rings is 1. The van der Waals surface area contributed by atoms with Crippen LogP contribution in [0.4, 0.5) is 5.69 Å². The van der Waals surface area contributed by atoms with Gasteiger partial charge < -0.3 is 15.0 Å². The van der Waals surface area contributed by atoms with Crippen molar-refractivity contribution in [2.24, 2.45) is 11.8 Å². The van der Waals surface area contributed by atoms with Gasteiger partial charge in [0.2, 0.25) is 0 Å². The van der Waals surface area contributed by atoms with Crippen LogP contribution in [0, 0.1) is 18.8 Å². The third-order valence-electron chi connectivity index (χ3n) is 7.64. The fraction of sp³-hybridized carbons (Fsp3) is 0.353. The Morgan fingerprint density at radius 3 is 2.40 bits per heavy atom. The van der Waals surface area contributed by atoms with Crippen LogP contribution in [0.2, 0.25) is 0 Å². The second-order valence-electron chi connectivity index (χ2n) is 11.4. The van der Waals surface area contributed by atoms with E-state index in [1.54, 1.807) is 23.1 Å². The Kier molecular flexibility index (Phi) is 8.66. The number of ether oxygens (including phenoxy) is 1. The Hall–Kier alpha value is -3.90. The predicted octanol–water partition coefficient (Wildman–Crippen LogP) is 6.06. The Balaban J connectivity index is 1.21. The van der Waals surface area contributed by atoms with Gasteiger partial charge in [0.05, 0.1) is 12.2 Å². The number of fused-ring (bicyclic) bond motifs is 1. The molecule has 1 N–H and O–H groups in total. The maximum absolute atomic E-state index is 13.5. The molecule has 0 radical (unpaired) electrons. The van der Waals surface area contributed by atoms with E-state index in [1.807, 2.05) is 55.5 Å². The lowest BCUT2D eigenvalue weighted by atomic mass is 9.92. The van der Waals surface area contributed by atoms with E-state index >= 15 is 0 Å². The molecule has 2 aliphatic heterocycles. The number of para-hydroxylation sites is 2. The highest BCUT2D eigenvalue weighted by molar-refractivity contribution is 6.09. The summed E-state index contributed by atoms with van der Waals surface area (Å²) in [5.74, 6) is 2.11. The molecule has 0 spiro atoms. The van der Waals surface area contributed by atoms with Gasteiger partial charge in [0.15, 0.2) is 11.5 Å². The standard InChI is InChI=1S/C34H39N3O3/c1-24-9-11-28(12-10-24)23-37-30-7-4-5-8-31(30)40-32(34(37)39)20-27-13-15-29(16-14-27)33(38)35-17-6-18-36-21-25(2)19-26(3)22-36/h4-5,7-16,20,25-26H,6,17-19,21-23H2,1-3H3,(H,35,38). The summed E-state index contributed by atoms with van der Waals surface area (Å²) in [6.45, 7) is 11.1. The van der Waals surface area contributed by atoms with E-state index in [-0.39, 0.29) is 17.6 Å². The summed E-state index contributed by atoms with van der Waals surface area (Å²) < 4.78 is 6.03. The van der Waals surface area contributed by atoms with Crippen molar-refractivity contribution in [3.8, 4) is 5.75 Å². The van der Waals surface area contributed by atoms with Crippen molar-refractivity contribution in [3.05, 3.63) is 101 Å². The van der Waals surface area contributed by atoms with Gasteiger partial charge in [-0.05, 0) is 79.6 Å². The van der Waals surface area contributed by atoms with Crippen LogP contribution < -0.4 is 15.0 Å². The van der Waals surface area contributed by atoms with Gasteiger partial charge in [-0.25, -0.2) is 0 Å². The van der Waals surface area contributed by atoms with Crippen LogP contribution in [0.25, 0.3) is 6.08 Å². The lowest BCUT2D eigenvalue weighted by molar-refractivity contribution is -0.117. The molecule has 0 saturated carbocycles. The second kappa shape index (κ2) is 12.5. The fourth-order valence-corrected chi connectivity index (χ4v) is 5.76. The summed E-state index contributed by atoms with van der Waals surface area (Å²) in [6, 6.07) is 23.1. The summed E-state index contributed by atoms with van der Waals surface area (Å²) in [5.41, 5.74) is 4.37. The van der Waals surface area contributed by atoms with Crippen LogP contribution >= 0.6 is 0 Å². The largest absolute Gasteiger partial charge is 0.449 e. The molecule has 0 aliphatic carbocycles. The molecule has 2 unspecified atom stereocenters. The number of nitrogens with zero attached hydrogens (tertiary/aromatic N) is 2. The van der Waals surface area contributed by atoms with E-state index in [0.717, 1.165) is 54.7 Å². The molecule has 3 aromatic rings. The molecule has 1 saturated heterocycles. The number of benzene rings is 3. The van der Waals surface area contributed by atoms with Crippen molar-refractivity contribution in [3.63, 3.8) is 0 Å². The molecule has 2 heterocycles. The van der Waals surface area contributed by atoms with Crippen molar-refractivity contribution in [2.75, 3.05) is 31.1 Å². The Labute approximate surface area is 237 Å². The molecule has 2 amide bonds. The van der Waals surface area contributed by atoms with Crippen LogP contribution in [-0.2, 0) is 11.3 Å². The number of anilines is 1. The number of carbonyl (C=O) groups excluding carboxylic acids is 2. The molecule has 1 fully saturated rings. The first-order valence-electron chi connectivity index (χ1n) is 14.3. The molecule has 0 bridgehead atoms. The Bertz CT molecular complexity index is 1350. The summed E-state index contributed by atoms with van der Waals surface area (Å²) in [4.78, 5) is 30.5. The number of hydrogen-bond acceptors (Lipinski definition) is 4. The van der Waals surface area contributed by atoms with E-state index < -0.39 is 0 Å². The van der Waals surface area contributed by atoms with Crippen LogP contribution in [0.1, 0.15) is 53.7 Å². The third kappa shape index (κ3) is 6.80. The van der Waals surface area contributed by atoms with Crippen molar-refractivity contribution in [2.45, 2.75) is 40.2 Å². The van der Waals surface area contributed by atoms with Gasteiger partial charge in [-0.1, -0.05) is 67.9 Å². The maximum atomic E-state index is 13.5. The van der Waals surface area contributed by atoms with E-state index in [4.69, 9.17) is 4.74 Å². The highest BCUT2D eigenvalue weighted by Gasteiger charge is 2.30. The van der Waals surface area contributed by atoms with E-state index in [1.165, 1.54) is 12.0 Å². The van der Waals surface area contributed by atoms with Gasteiger partial charge in [0, 0.05) is 25.2 Å². The number of likely N-dealkylation sites (tertiary alicyclic amines) is 1. The van der Waals surface area contributed by atoms with Crippen molar-refractivity contribution in [1.29, 1.82) is 0 Å². The van der Waals surface area contributed by atoms with Crippen LogP contribution in [0.3, 0.4) is 0 Å². The molecular weight excluding hydrogens is 498 g/mol. The highest BCUT2D eigenvalue weighted by Crippen LogP contribution is 2.36. The molecule has 6 heteroatoms. The SMILES string of the molecule is Cc1ccc(CN2C(=O)C(=Cc3ccc(C(=O)NCCCN4CC(C)CC(C)C4)cc3)Oc3ccccc32)cc1. The zero-order valence-electron chi connectivity index (χ0n) is 23.7. The predicted molar refractivity (Wildman–Crippen MR) is 160 cm³/mol. The van der Waals surface area contributed by atoms with Crippen LogP contribution in [0.5, 0.6) is 5.75 Å². The summed E-state index contributed by atoms with van der Waals surface area (Å²) in [5, 5.41) is 3.05. The molecular formula is C34H39N3O3. The number of amides is 2. The van der Waals surface area contributed by atoms with E-state index in [9.17, 15) is 9.59 Å². The quantitative estimate of drug-likeness (QED) is 0.280. The first-order chi connectivity index (χ1) is 19.4. The van der Waals surface area contributed by atoms with Crippen molar-refractivity contribution < 1.29 is 14.3 Å². The smallest absolute Gasteiger partial charge is 0.294 e. The molecule has 6 nitrogen and oxygen atoms in total. The lowest BCUT2D eigenvalue weighted by Crippen LogP contribution is -2.40. The molecule has 208 valence electrons. The minimum Gasteiger partial charge on any atom is -0.449 e. The zero-order chi connectivity index (χ0) is 28.1.